The minimum Gasteiger partial charge on any atom is -0.465 e. The van der Waals surface area contributed by atoms with Gasteiger partial charge >= 0.3 is 6.09 Å². The van der Waals surface area contributed by atoms with Crippen molar-refractivity contribution in [3.8, 4) is 0 Å². The van der Waals surface area contributed by atoms with Crippen molar-refractivity contribution < 1.29 is 14.6 Å². The zero-order chi connectivity index (χ0) is 24.6. The van der Waals surface area contributed by atoms with Crippen LogP contribution in [0, 0.1) is 5.41 Å². The van der Waals surface area contributed by atoms with Crippen LogP contribution in [0.1, 0.15) is 70.8 Å². The summed E-state index contributed by atoms with van der Waals surface area (Å²) in [4.78, 5) is 20.5. The number of hydrogen-bond acceptors (Lipinski definition) is 6. The van der Waals surface area contributed by atoms with Gasteiger partial charge in [0.2, 0.25) is 0 Å². The van der Waals surface area contributed by atoms with Gasteiger partial charge in [0.25, 0.3) is 0 Å². The highest BCUT2D eigenvalue weighted by Gasteiger charge is 2.41. The van der Waals surface area contributed by atoms with Crippen LogP contribution in [0.15, 0.2) is 18.6 Å². The van der Waals surface area contributed by atoms with Crippen molar-refractivity contribution in [1.82, 2.24) is 24.4 Å². The van der Waals surface area contributed by atoms with Gasteiger partial charge in [-0.15, -0.1) is 0 Å². The second kappa shape index (κ2) is 9.93. The van der Waals surface area contributed by atoms with Crippen molar-refractivity contribution in [2.45, 2.75) is 83.3 Å². The van der Waals surface area contributed by atoms with Crippen molar-refractivity contribution in [3.05, 3.63) is 24.2 Å². The van der Waals surface area contributed by atoms with Gasteiger partial charge in [-0.05, 0) is 61.5 Å². The largest absolute Gasteiger partial charge is 0.465 e. The summed E-state index contributed by atoms with van der Waals surface area (Å²) in [6.07, 6.45) is 9.39. The van der Waals surface area contributed by atoms with E-state index in [1.54, 1.807) is 11.2 Å². The van der Waals surface area contributed by atoms with Crippen LogP contribution in [0.5, 0.6) is 0 Å². The van der Waals surface area contributed by atoms with Gasteiger partial charge < -0.3 is 20.1 Å². The van der Waals surface area contributed by atoms with Gasteiger partial charge in [-0.25, -0.2) is 14.3 Å². The predicted octanol–water partition coefficient (Wildman–Crippen LogP) is 4.06. The number of piperazine rings is 1. The van der Waals surface area contributed by atoms with Crippen molar-refractivity contribution in [2.75, 3.05) is 38.2 Å². The highest BCUT2D eigenvalue weighted by Crippen LogP contribution is 2.36. The molecule has 9 nitrogen and oxygen atoms in total. The highest BCUT2D eigenvalue weighted by atomic mass is 16.5. The Balaban J connectivity index is 1.26. The number of ether oxygens (including phenoxy) is 1. The normalized spacial score (nSPS) is 27.3. The second-order valence-electron chi connectivity index (χ2n) is 11.6. The second-order valence-corrected chi connectivity index (χ2v) is 11.6. The van der Waals surface area contributed by atoms with Gasteiger partial charge in [-0.3, -0.25) is 4.90 Å². The standard InChI is InChI=1S/C26H40N6O3/c1-26(2,3)22-16-30(25(33)34)12-13-31(22)20-6-4-19(5-7-20)29-24-23-21(18-9-14-35-15-10-18)8-11-32(23)28-17-27-24/h8,11,17-20,22H,4-7,9-10,12-16H2,1-3H3,(H,33,34)(H,27,28,29). The Morgan fingerprint density at radius 2 is 1.86 bits per heavy atom. The molecule has 3 aliphatic rings. The topological polar surface area (TPSA) is 95.2 Å². The summed E-state index contributed by atoms with van der Waals surface area (Å²) in [6.45, 7) is 10.4. The summed E-state index contributed by atoms with van der Waals surface area (Å²) >= 11 is 0. The van der Waals surface area contributed by atoms with E-state index in [4.69, 9.17) is 4.74 Å². The van der Waals surface area contributed by atoms with E-state index in [0.29, 0.717) is 31.1 Å². The van der Waals surface area contributed by atoms with Crippen molar-refractivity contribution in [1.29, 1.82) is 0 Å². The van der Waals surface area contributed by atoms with E-state index >= 15 is 0 Å². The average molecular weight is 485 g/mol. The van der Waals surface area contributed by atoms with Crippen LogP contribution in [0.25, 0.3) is 5.52 Å². The first-order valence-corrected chi connectivity index (χ1v) is 13.2. The van der Waals surface area contributed by atoms with Gasteiger partial charge in [0.1, 0.15) is 11.8 Å². The van der Waals surface area contributed by atoms with Gasteiger partial charge in [-0.1, -0.05) is 20.8 Å². The van der Waals surface area contributed by atoms with Gasteiger partial charge in [0, 0.05) is 57.2 Å². The Morgan fingerprint density at radius 1 is 1.11 bits per heavy atom. The molecule has 0 spiro atoms. The SMILES string of the molecule is CC(C)(C)C1CN(C(=O)O)CCN1C1CCC(Nc2ncnn3ccc(C4CCOCC4)c23)CC1. The molecule has 1 saturated carbocycles. The molecule has 3 fully saturated rings. The van der Waals surface area contributed by atoms with Crippen molar-refractivity contribution in [2.24, 2.45) is 5.41 Å². The molecular formula is C26H40N6O3. The third-order valence-corrected chi connectivity index (χ3v) is 8.34. The summed E-state index contributed by atoms with van der Waals surface area (Å²) in [5.41, 5.74) is 2.47. The molecule has 35 heavy (non-hydrogen) atoms. The number of hydrogen-bond donors (Lipinski definition) is 2. The number of rotatable bonds is 4. The van der Waals surface area contributed by atoms with Crippen molar-refractivity contribution >= 4 is 17.4 Å². The number of carboxylic acid groups (broad SMARTS) is 1. The van der Waals surface area contributed by atoms with Crippen LogP contribution in [-0.4, -0.2) is 86.6 Å². The molecule has 1 aliphatic carbocycles. The van der Waals surface area contributed by atoms with E-state index < -0.39 is 6.09 Å². The Hall–Kier alpha value is -2.39. The van der Waals surface area contributed by atoms with E-state index in [-0.39, 0.29) is 11.5 Å². The summed E-state index contributed by atoms with van der Waals surface area (Å²) in [5.74, 6) is 1.44. The maximum atomic E-state index is 11.6. The van der Waals surface area contributed by atoms with Crippen LogP contribution in [0.4, 0.5) is 10.6 Å². The zero-order valence-corrected chi connectivity index (χ0v) is 21.3. The van der Waals surface area contributed by atoms with Crippen LogP contribution in [0.2, 0.25) is 0 Å². The van der Waals surface area contributed by atoms with E-state index in [1.165, 1.54) is 5.56 Å². The maximum absolute atomic E-state index is 11.6. The number of aromatic nitrogens is 3. The molecule has 192 valence electrons. The highest BCUT2D eigenvalue weighted by molar-refractivity contribution is 5.73. The molecule has 1 unspecified atom stereocenters. The molecular weight excluding hydrogens is 444 g/mol. The lowest BCUT2D eigenvalue weighted by molar-refractivity contribution is -0.0162. The minimum atomic E-state index is -0.798. The monoisotopic (exact) mass is 484 g/mol. The predicted molar refractivity (Wildman–Crippen MR) is 135 cm³/mol. The Morgan fingerprint density at radius 3 is 2.54 bits per heavy atom. The lowest BCUT2D eigenvalue weighted by Gasteiger charge is -2.51. The Bertz CT molecular complexity index is 1020. The van der Waals surface area contributed by atoms with Crippen LogP contribution < -0.4 is 5.32 Å². The molecule has 2 aromatic rings. The average Bonchev–Trinajstić information content (AvgIpc) is 3.29. The summed E-state index contributed by atoms with van der Waals surface area (Å²) < 4.78 is 7.54. The van der Waals surface area contributed by atoms with Gasteiger partial charge in [-0.2, -0.15) is 5.10 Å². The van der Waals surface area contributed by atoms with Crippen LogP contribution in [0.3, 0.4) is 0 Å². The summed E-state index contributed by atoms with van der Waals surface area (Å²) in [5, 5.41) is 17.8. The molecule has 2 N–H and O–H groups in total. The van der Waals surface area contributed by atoms with E-state index in [9.17, 15) is 9.90 Å². The first-order valence-electron chi connectivity index (χ1n) is 13.2. The number of amides is 1. The maximum Gasteiger partial charge on any atom is 0.407 e. The zero-order valence-electron chi connectivity index (χ0n) is 21.3. The Labute approximate surface area is 207 Å². The molecule has 0 bridgehead atoms. The molecule has 9 heteroatoms. The molecule has 2 aromatic heterocycles. The number of nitrogens with one attached hydrogen (secondary N) is 1. The third kappa shape index (κ3) is 5.11. The summed E-state index contributed by atoms with van der Waals surface area (Å²) in [6, 6.07) is 3.33. The number of carbonyl (C=O) groups is 1. The molecule has 0 aromatic carbocycles. The Kier molecular flexibility index (Phi) is 6.90. The smallest absolute Gasteiger partial charge is 0.407 e. The molecule has 5 rings (SSSR count). The fourth-order valence-electron chi connectivity index (χ4n) is 6.35. The van der Waals surface area contributed by atoms with Crippen LogP contribution >= 0.6 is 0 Å². The molecule has 2 saturated heterocycles. The number of fused-ring (bicyclic) bond motifs is 1. The van der Waals surface area contributed by atoms with Crippen LogP contribution in [-0.2, 0) is 4.74 Å². The fraction of sp³-hybridized carbons (Fsp3) is 0.731. The van der Waals surface area contributed by atoms with E-state index in [0.717, 1.165) is 69.6 Å². The molecule has 1 amide bonds. The van der Waals surface area contributed by atoms with Gasteiger partial charge in [0.15, 0.2) is 5.82 Å². The van der Waals surface area contributed by atoms with Crippen molar-refractivity contribution in [3.63, 3.8) is 0 Å². The molecule has 0 radical (unpaired) electrons. The fourth-order valence-corrected chi connectivity index (χ4v) is 6.35. The summed E-state index contributed by atoms with van der Waals surface area (Å²) in [7, 11) is 0. The quantitative estimate of drug-likeness (QED) is 0.676. The lowest BCUT2D eigenvalue weighted by Crippen LogP contribution is -2.62. The van der Waals surface area contributed by atoms with E-state index in [1.807, 2.05) is 10.7 Å². The molecule has 2 aliphatic heterocycles. The van der Waals surface area contributed by atoms with E-state index in [2.05, 4.69) is 47.1 Å². The minimum absolute atomic E-state index is 0.0331. The third-order valence-electron chi connectivity index (χ3n) is 8.34. The first kappa shape index (κ1) is 24.3. The molecule has 1 atom stereocenters. The molecule has 4 heterocycles. The first-order chi connectivity index (χ1) is 16.8. The number of nitrogens with zero attached hydrogens (tertiary/aromatic N) is 5. The lowest BCUT2D eigenvalue weighted by atomic mass is 9.81. The number of anilines is 1. The van der Waals surface area contributed by atoms with Gasteiger partial charge in [0.05, 0.1) is 0 Å².